The zero-order valence-electron chi connectivity index (χ0n) is 11.1. The summed E-state index contributed by atoms with van der Waals surface area (Å²) in [6, 6.07) is 0. The second-order valence-electron chi connectivity index (χ2n) is 4.33. The molecule has 0 spiro atoms. The molecule has 1 N–H and O–H groups in total. The Labute approximate surface area is 103 Å². The Bertz CT molecular complexity index is 344. The first-order valence-corrected chi connectivity index (χ1v) is 6.06. The molecule has 5 heteroatoms. The van der Waals surface area contributed by atoms with Crippen molar-refractivity contribution in [3.63, 3.8) is 0 Å². The number of aromatic nitrogens is 3. The van der Waals surface area contributed by atoms with E-state index in [0.29, 0.717) is 0 Å². The van der Waals surface area contributed by atoms with Gasteiger partial charge in [0, 0.05) is 25.8 Å². The van der Waals surface area contributed by atoms with Crippen molar-refractivity contribution in [3.8, 4) is 0 Å². The van der Waals surface area contributed by atoms with Gasteiger partial charge in [-0.15, -0.1) is 5.10 Å². The lowest BCUT2D eigenvalue weighted by atomic mass is 10.3. The van der Waals surface area contributed by atoms with Crippen LogP contribution >= 0.6 is 0 Å². The van der Waals surface area contributed by atoms with Gasteiger partial charge in [0.1, 0.15) is 0 Å². The summed E-state index contributed by atoms with van der Waals surface area (Å²) in [5.74, 6) is 0. The maximum atomic E-state index is 4.10. The standard InChI is InChI=1S/C12H23N5/c1-5-16(9-11(2)3)6-7-17-10-12(8-13-4)14-15-17/h10,13H,2,5-9H2,1,3-4H3. The molecule has 0 aromatic carbocycles. The van der Waals surface area contributed by atoms with Gasteiger partial charge in [-0.05, 0) is 20.5 Å². The molecule has 0 aliphatic heterocycles. The Hall–Kier alpha value is -1.20. The second kappa shape index (κ2) is 7.19. The van der Waals surface area contributed by atoms with Crippen molar-refractivity contribution in [1.82, 2.24) is 25.2 Å². The summed E-state index contributed by atoms with van der Waals surface area (Å²) < 4.78 is 1.90. The van der Waals surface area contributed by atoms with Gasteiger partial charge >= 0.3 is 0 Å². The van der Waals surface area contributed by atoms with Crippen molar-refractivity contribution in [2.75, 3.05) is 26.7 Å². The highest BCUT2D eigenvalue weighted by molar-refractivity contribution is 4.92. The highest BCUT2D eigenvalue weighted by Crippen LogP contribution is 1.97. The van der Waals surface area contributed by atoms with Crippen LogP contribution in [0.1, 0.15) is 19.5 Å². The van der Waals surface area contributed by atoms with E-state index < -0.39 is 0 Å². The average Bonchev–Trinajstić information content (AvgIpc) is 2.72. The van der Waals surface area contributed by atoms with Crippen LogP contribution in [-0.2, 0) is 13.1 Å². The summed E-state index contributed by atoms with van der Waals surface area (Å²) in [6.07, 6.45) is 1.99. The van der Waals surface area contributed by atoms with Crippen molar-refractivity contribution >= 4 is 0 Å². The van der Waals surface area contributed by atoms with Crippen LogP contribution in [0.15, 0.2) is 18.3 Å². The predicted octanol–water partition coefficient (Wildman–Crippen LogP) is 0.895. The third-order valence-electron chi connectivity index (χ3n) is 2.53. The largest absolute Gasteiger partial charge is 0.314 e. The Morgan fingerprint density at radius 3 is 2.94 bits per heavy atom. The van der Waals surface area contributed by atoms with Crippen LogP contribution in [-0.4, -0.2) is 46.6 Å². The SMILES string of the molecule is C=C(C)CN(CC)CCn1cc(CNC)nn1. The fourth-order valence-corrected chi connectivity index (χ4v) is 1.68. The summed E-state index contributed by atoms with van der Waals surface area (Å²) in [7, 11) is 1.91. The lowest BCUT2D eigenvalue weighted by Gasteiger charge is -2.19. The first-order chi connectivity index (χ1) is 8.15. The quantitative estimate of drug-likeness (QED) is 0.682. The molecule has 0 amide bonds. The Morgan fingerprint density at radius 1 is 1.59 bits per heavy atom. The molecule has 0 unspecified atom stereocenters. The van der Waals surface area contributed by atoms with Crippen LogP contribution in [0.2, 0.25) is 0 Å². The second-order valence-corrected chi connectivity index (χ2v) is 4.33. The van der Waals surface area contributed by atoms with Crippen LogP contribution in [0, 0.1) is 0 Å². The summed E-state index contributed by atoms with van der Waals surface area (Å²) in [4.78, 5) is 2.35. The number of hydrogen-bond donors (Lipinski definition) is 1. The molecule has 0 aliphatic carbocycles. The van der Waals surface area contributed by atoms with E-state index in [0.717, 1.165) is 38.4 Å². The molecule has 96 valence electrons. The number of nitrogens with zero attached hydrogens (tertiary/aromatic N) is 4. The minimum absolute atomic E-state index is 0.767. The van der Waals surface area contributed by atoms with Gasteiger partial charge in [-0.1, -0.05) is 24.3 Å². The van der Waals surface area contributed by atoms with Crippen molar-refractivity contribution in [2.45, 2.75) is 26.9 Å². The van der Waals surface area contributed by atoms with Crippen LogP contribution in [0.3, 0.4) is 0 Å². The lowest BCUT2D eigenvalue weighted by molar-refractivity contribution is 0.291. The number of rotatable bonds is 8. The molecule has 0 radical (unpaired) electrons. The summed E-state index contributed by atoms with van der Waals surface area (Å²) >= 11 is 0. The number of hydrogen-bond acceptors (Lipinski definition) is 4. The van der Waals surface area contributed by atoms with Crippen molar-refractivity contribution in [1.29, 1.82) is 0 Å². The van der Waals surface area contributed by atoms with E-state index in [1.807, 2.05) is 17.9 Å². The summed E-state index contributed by atoms with van der Waals surface area (Å²) in [5.41, 5.74) is 2.18. The molecule has 0 fully saturated rings. The summed E-state index contributed by atoms with van der Waals surface area (Å²) in [5, 5.41) is 11.2. The highest BCUT2D eigenvalue weighted by atomic mass is 15.4. The minimum atomic E-state index is 0.767. The maximum absolute atomic E-state index is 4.10. The Balaban J connectivity index is 2.39. The molecule has 1 aromatic rings. The van der Waals surface area contributed by atoms with Gasteiger partial charge in [-0.25, -0.2) is 0 Å². The van der Waals surface area contributed by atoms with Gasteiger partial charge in [-0.2, -0.15) is 0 Å². The molecular weight excluding hydrogens is 214 g/mol. The van der Waals surface area contributed by atoms with E-state index in [4.69, 9.17) is 0 Å². The van der Waals surface area contributed by atoms with E-state index >= 15 is 0 Å². The normalized spacial score (nSPS) is 11.1. The molecule has 5 nitrogen and oxygen atoms in total. The number of nitrogens with one attached hydrogen (secondary N) is 1. The van der Waals surface area contributed by atoms with Crippen molar-refractivity contribution < 1.29 is 0 Å². The van der Waals surface area contributed by atoms with E-state index in [1.54, 1.807) is 0 Å². The molecular formula is C12H23N5. The average molecular weight is 237 g/mol. The maximum Gasteiger partial charge on any atom is 0.0964 e. The van der Waals surface area contributed by atoms with Crippen molar-refractivity contribution in [2.24, 2.45) is 0 Å². The van der Waals surface area contributed by atoms with Crippen LogP contribution in [0.4, 0.5) is 0 Å². The first-order valence-electron chi connectivity index (χ1n) is 6.06. The van der Waals surface area contributed by atoms with Gasteiger partial charge in [-0.3, -0.25) is 9.58 Å². The van der Waals surface area contributed by atoms with Gasteiger partial charge in [0.05, 0.1) is 12.2 Å². The zero-order chi connectivity index (χ0) is 12.7. The van der Waals surface area contributed by atoms with Crippen LogP contribution in [0.25, 0.3) is 0 Å². The molecule has 0 saturated carbocycles. The fraction of sp³-hybridized carbons (Fsp3) is 0.667. The fourth-order valence-electron chi connectivity index (χ4n) is 1.68. The molecule has 0 bridgehead atoms. The molecule has 0 saturated heterocycles. The smallest absolute Gasteiger partial charge is 0.0964 e. The van der Waals surface area contributed by atoms with Gasteiger partial charge in [0.15, 0.2) is 0 Å². The Kier molecular flexibility index (Phi) is 5.86. The Morgan fingerprint density at radius 2 is 2.35 bits per heavy atom. The third kappa shape index (κ3) is 5.10. The first kappa shape index (κ1) is 13.9. The molecule has 1 aromatic heterocycles. The topological polar surface area (TPSA) is 46.0 Å². The zero-order valence-corrected chi connectivity index (χ0v) is 11.1. The lowest BCUT2D eigenvalue weighted by Crippen LogP contribution is -2.29. The van der Waals surface area contributed by atoms with Crippen molar-refractivity contribution in [3.05, 3.63) is 24.0 Å². The van der Waals surface area contributed by atoms with Crippen LogP contribution in [0.5, 0.6) is 0 Å². The molecule has 0 atom stereocenters. The van der Waals surface area contributed by atoms with E-state index in [2.05, 4.69) is 41.0 Å². The van der Waals surface area contributed by atoms with E-state index in [-0.39, 0.29) is 0 Å². The highest BCUT2D eigenvalue weighted by Gasteiger charge is 2.04. The van der Waals surface area contributed by atoms with Crippen LogP contribution < -0.4 is 5.32 Å². The van der Waals surface area contributed by atoms with E-state index in [1.165, 1.54) is 5.57 Å². The van der Waals surface area contributed by atoms with Gasteiger partial charge < -0.3 is 5.32 Å². The van der Waals surface area contributed by atoms with E-state index in [9.17, 15) is 0 Å². The third-order valence-corrected chi connectivity index (χ3v) is 2.53. The van der Waals surface area contributed by atoms with Gasteiger partial charge in [0.2, 0.25) is 0 Å². The molecule has 1 rings (SSSR count). The predicted molar refractivity (Wildman–Crippen MR) is 69.7 cm³/mol. The minimum Gasteiger partial charge on any atom is -0.314 e. The van der Waals surface area contributed by atoms with Gasteiger partial charge in [0.25, 0.3) is 0 Å². The molecule has 1 heterocycles. The molecule has 17 heavy (non-hydrogen) atoms. The summed E-state index contributed by atoms with van der Waals surface area (Å²) in [6.45, 7) is 12.8. The molecule has 0 aliphatic rings. The monoisotopic (exact) mass is 237 g/mol. The number of likely N-dealkylation sites (N-methyl/N-ethyl adjacent to an activating group) is 1.